The molecule has 1 unspecified atom stereocenters. The SMILES string of the molecule is CC(O)c1cc([N+](=O)[O-])c2ccccc2c1. The fourth-order valence-corrected chi connectivity index (χ4v) is 1.71. The van der Waals surface area contributed by atoms with E-state index in [1.165, 1.54) is 6.07 Å². The lowest BCUT2D eigenvalue weighted by atomic mass is 10.0. The summed E-state index contributed by atoms with van der Waals surface area (Å²) in [7, 11) is 0. The molecule has 0 bridgehead atoms. The average molecular weight is 217 g/mol. The number of fused-ring (bicyclic) bond motifs is 1. The number of non-ortho nitro benzene ring substituents is 1. The smallest absolute Gasteiger partial charge is 0.277 e. The summed E-state index contributed by atoms with van der Waals surface area (Å²) in [5.41, 5.74) is 0.597. The van der Waals surface area contributed by atoms with Crippen LogP contribution in [-0.2, 0) is 0 Å². The zero-order valence-electron chi connectivity index (χ0n) is 8.75. The molecule has 0 aromatic heterocycles. The van der Waals surface area contributed by atoms with Crippen molar-refractivity contribution in [1.82, 2.24) is 0 Å². The van der Waals surface area contributed by atoms with E-state index in [2.05, 4.69) is 0 Å². The first-order valence-corrected chi connectivity index (χ1v) is 4.95. The zero-order chi connectivity index (χ0) is 11.7. The third kappa shape index (κ3) is 1.75. The molecule has 0 amide bonds. The van der Waals surface area contributed by atoms with Crippen LogP contribution in [0.5, 0.6) is 0 Å². The minimum Gasteiger partial charge on any atom is -0.389 e. The van der Waals surface area contributed by atoms with Gasteiger partial charge in [-0.05, 0) is 30.0 Å². The highest BCUT2D eigenvalue weighted by molar-refractivity contribution is 5.91. The molecule has 0 aliphatic heterocycles. The van der Waals surface area contributed by atoms with E-state index in [-0.39, 0.29) is 5.69 Å². The molecule has 0 spiro atoms. The van der Waals surface area contributed by atoms with E-state index in [0.717, 1.165) is 5.39 Å². The number of nitro benzene ring substituents is 1. The molecule has 0 heterocycles. The fraction of sp³-hybridized carbons (Fsp3) is 0.167. The molecule has 0 fully saturated rings. The second-order valence-corrected chi connectivity index (χ2v) is 3.69. The maximum absolute atomic E-state index is 10.9. The molecule has 0 radical (unpaired) electrons. The van der Waals surface area contributed by atoms with Crippen LogP contribution in [0.2, 0.25) is 0 Å². The highest BCUT2D eigenvalue weighted by Crippen LogP contribution is 2.29. The lowest BCUT2D eigenvalue weighted by Crippen LogP contribution is -1.95. The first-order chi connectivity index (χ1) is 7.59. The Morgan fingerprint density at radius 2 is 2.00 bits per heavy atom. The lowest BCUT2D eigenvalue weighted by molar-refractivity contribution is -0.383. The number of rotatable bonds is 2. The van der Waals surface area contributed by atoms with Gasteiger partial charge in [0.25, 0.3) is 5.69 Å². The monoisotopic (exact) mass is 217 g/mol. The number of aliphatic hydroxyl groups excluding tert-OH is 1. The van der Waals surface area contributed by atoms with Crippen molar-refractivity contribution >= 4 is 16.5 Å². The Kier molecular flexibility index (Phi) is 2.58. The molecule has 4 heteroatoms. The van der Waals surface area contributed by atoms with Gasteiger partial charge in [-0.25, -0.2) is 0 Å². The Morgan fingerprint density at radius 3 is 2.62 bits per heavy atom. The maximum atomic E-state index is 10.9. The molecule has 0 saturated heterocycles. The number of hydrogen-bond donors (Lipinski definition) is 1. The molecule has 0 saturated carbocycles. The molecule has 1 N–H and O–H groups in total. The van der Waals surface area contributed by atoms with E-state index in [1.54, 1.807) is 31.2 Å². The molecule has 4 nitrogen and oxygen atoms in total. The van der Waals surface area contributed by atoms with Gasteiger partial charge in [0, 0.05) is 6.07 Å². The van der Waals surface area contributed by atoms with Crippen molar-refractivity contribution < 1.29 is 10.0 Å². The summed E-state index contributed by atoms with van der Waals surface area (Å²) in [6.07, 6.45) is -0.705. The molecule has 2 aromatic rings. The van der Waals surface area contributed by atoms with E-state index in [1.807, 2.05) is 6.07 Å². The van der Waals surface area contributed by atoms with Crippen molar-refractivity contribution in [3.63, 3.8) is 0 Å². The third-order valence-electron chi connectivity index (χ3n) is 2.54. The van der Waals surface area contributed by atoms with E-state index in [0.29, 0.717) is 10.9 Å². The zero-order valence-corrected chi connectivity index (χ0v) is 8.75. The summed E-state index contributed by atoms with van der Waals surface area (Å²) in [5, 5.41) is 21.7. The van der Waals surface area contributed by atoms with Gasteiger partial charge in [-0.3, -0.25) is 10.1 Å². The van der Waals surface area contributed by atoms with Crippen LogP contribution in [0.15, 0.2) is 36.4 Å². The van der Waals surface area contributed by atoms with Crippen LogP contribution in [0.25, 0.3) is 10.8 Å². The minimum absolute atomic E-state index is 0.0361. The Hall–Kier alpha value is -1.94. The van der Waals surface area contributed by atoms with Crippen LogP contribution >= 0.6 is 0 Å². The normalized spacial score (nSPS) is 12.6. The standard InChI is InChI=1S/C12H11NO3/c1-8(14)10-6-9-4-2-3-5-11(9)12(7-10)13(15)16/h2-8,14H,1H3. The molecule has 16 heavy (non-hydrogen) atoms. The van der Waals surface area contributed by atoms with Gasteiger partial charge in [0.05, 0.1) is 16.4 Å². The highest BCUT2D eigenvalue weighted by Gasteiger charge is 2.14. The number of benzene rings is 2. The lowest BCUT2D eigenvalue weighted by Gasteiger charge is -2.07. The predicted molar refractivity (Wildman–Crippen MR) is 61.2 cm³/mol. The average Bonchev–Trinajstić information content (AvgIpc) is 2.27. The first kappa shape index (κ1) is 10.6. The van der Waals surface area contributed by atoms with E-state index >= 15 is 0 Å². The van der Waals surface area contributed by atoms with Gasteiger partial charge in [0.2, 0.25) is 0 Å². The Labute approximate surface area is 92.3 Å². The fourth-order valence-electron chi connectivity index (χ4n) is 1.71. The first-order valence-electron chi connectivity index (χ1n) is 4.95. The summed E-state index contributed by atoms with van der Waals surface area (Å²) in [6, 6.07) is 10.3. The summed E-state index contributed by atoms with van der Waals surface area (Å²) in [4.78, 5) is 10.5. The van der Waals surface area contributed by atoms with Crippen molar-refractivity contribution in [3.8, 4) is 0 Å². The van der Waals surface area contributed by atoms with Crippen LogP contribution in [0.3, 0.4) is 0 Å². The molecular weight excluding hydrogens is 206 g/mol. The van der Waals surface area contributed by atoms with Gasteiger partial charge in [-0.15, -0.1) is 0 Å². The maximum Gasteiger partial charge on any atom is 0.277 e. The van der Waals surface area contributed by atoms with Crippen LogP contribution in [0.1, 0.15) is 18.6 Å². The van der Waals surface area contributed by atoms with Crippen molar-refractivity contribution in [2.24, 2.45) is 0 Å². The van der Waals surface area contributed by atoms with Crippen molar-refractivity contribution in [2.75, 3.05) is 0 Å². The van der Waals surface area contributed by atoms with Crippen LogP contribution in [0, 0.1) is 10.1 Å². The van der Waals surface area contributed by atoms with Gasteiger partial charge in [-0.2, -0.15) is 0 Å². The minimum atomic E-state index is -0.705. The molecule has 0 aliphatic carbocycles. The largest absolute Gasteiger partial charge is 0.389 e. The Balaban J connectivity index is 2.79. The van der Waals surface area contributed by atoms with Crippen LogP contribution in [0.4, 0.5) is 5.69 Å². The predicted octanol–water partition coefficient (Wildman–Crippen LogP) is 2.80. The number of nitrogens with zero attached hydrogens (tertiary/aromatic N) is 1. The Bertz CT molecular complexity index is 549. The van der Waals surface area contributed by atoms with E-state index in [4.69, 9.17) is 0 Å². The third-order valence-corrected chi connectivity index (χ3v) is 2.54. The molecule has 2 aromatic carbocycles. The second-order valence-electron chi connectivity index (χ2n) is 3.69. The van der Waals surface area contributed by atoms with Crippen LogP contribution < -0.4 is 0 Å². The summed E-state index contributed by atoms with van der Waals surface area (Å²) < 4.78 is 0. The Morgan fingerprint density at radius 1 is 1.31 bits per heavy atom. The molecule has 82 valence electrons. The summed E-state index contributed by atoms with van der Waals surface area (Å²) >= 11 is 0. The van der Waals surface area contributed by atoms with Gasteiger partial charge in [0.1, 0.15) is 0 Å². The van der Waals surface area contributed by atoms with E-state index in [9.17, 15) is 15.2 Å². The van der Waals surface area contributed by atoms with Crippen LogP contribution in [-0.4, -0.2) is 10.0 Å². The number of nitro groups is 1. The van der Waals surface area contributed by atoms with Gasteiger partial charge in [0.15, 0.2) is 0 Å². The quantitative estimate of drug-likeness (QED) is 0.621. The van der Waals surface area contributed by atoms with E-state index < -0.39 is 11.0 Å². The van der Waals surface area contributed by atoms with Gasteiger partial charge in [-0.1, -0.05) is 18.2 Å². The summed E-state index contributed by atoms with van der Waals surface area (Å²) in [5.74, 6) is 0. The molecular formula is C12H11NO3. The van der Waals surface area contributed by atoms with Gasteiger partial charge < -0.3 is 5.11 Å². The highest BCUT2D eigenvalue weighted by atomic mass is 16.6. The second kappa shape index (κ2) is 3.90. The number of aliphatic hydroxyl groups is 1. The topological polar surface area (TPSA) is 63.4 Å². The summed E-state index contributed by atoms with van der Waals surface area (Å²) in [6.45, 7) is 1.59. The van der Waals surface area contributed by atoms with Gasteiger partial charge >= 0.3 is 0 Å². The van der Waals surface area contributed by atoms with Crippen molar-refractivity contribution in [3.05, 3.63) is 52.1 Å². The molecule has 2 rings (SSSR count). The molecule has 0 aliphatic rings. The van der Waals surface area contributed by atoms with Crippen molar-refractivity contribution in [2.45, 2.75) is 13.0 Å². The van der Waals surface area contributed by atoms with Crippen molar-refractivity contribution in [1.29, 1.82) is 0 Å². The molecule has 1 atom stereocenters. The number of hydrogen-bond acceptors (Lipinski definition) is 3.